The molecule has 3 aromatic heterocycles. The number of anilines is 1. The van der Waals surface area contributed by atoms with Gasteiger partial charge in [0, 0.05) is 34.2 Å². The topological polar surface area (TPSA) is 85.1 Å². The maximum atomic E-state index is 12.4. The first kappa shape index (κ1) is 15.4. The van der Waals surface area contributed by atoms with E-state index in [9.17, 15) is 4.79 Å². The first-order chi connectivity index (χ1) is 12.1. The molecule has 7 nitrogen and oxygen atoms in total. The van der Waals surface area contributed by atoms with Crippen LogP contribution < -0.4 is 5.32 Å². The summed E-state index contributed by atoms with van der Waals surface area (Å²) in [5.74, 6) is 0.136. The van der Waals surface area contributed by atoms with Gasteiger partial charge in [0.1, 0.15) is 5.01 Å². The molecule has 0 bridgehead atoms. The smallest absolute Gasteiger partial charge is 0.295 e. The van der Waals surface area contributed by atoms with Gasteiger partial charge in [-0.1, -0.05) is 0 Å². The van der Waals surface area contributed by atoms with Gasteiger partial charge in [-0.25, -0.2) is 14.5 Å². The average molecular weight is 350 g/mol. The summed E-state index contributed by atoms with van der Waals surface area (Å²) in [4.78, 5) is 25.2. The molecule has 0 aliphatic carbocycles. The number of fused-ring (bicyclic) bond motifs is 1. The summed E-state index contributed by atoms with van der Waals surface area (Å²) in [6.45, 7) is 3.78. The second kappa shape index (κ2) is 6.06. The Bertz CT molecular complexity index is 1050. The number of amides is 1. The lowest BCUT2D eigenvalue weighted by molar-refractivity contribution is 0.101. The molecule has 0 saturated heterocycles. The van der Waals surface area contributed by atoms with Crippen LogP contribution in [0.4, 0.5) is 5.69 Å². The summed E-state index contributed by atoms with van der Waals surface area (Å²) in [7, 11) is 0. The van der Waals surface area contributed by atoms with Crippen LogP contribution in [0, 0.1) is 13.8 Å². The molecular formula is C17H14N6OS. The van der Waals surface area contributed by atoms with Gasteiger partial charge in [0.25, 0.3) is 11.7 Å². The number of rotatable bonds is 3. The predicted molar refractivity (Wildman–Crippen MR) is 95.8 cm³/mol. The van der Waals surface area contributed by atoms with Crippen molar-refractivity contribution in [1.82, 2.24) is 24.6 Å². The maximum Gasteiger partial charge on any atom is 0.295 e. The number of aryl methyl sites for hydroxylation is 2. The molecule has 0 unspecified atom stereocenters. The van der Waals surface area contributed by atoms with Crippen molar-refractivity contribution in [1.29, 1.82) is 0 Å². The van der Waals surface area contributed by atoms with Crippen LogP contribution in [-0.4, -0.2) is 30.5 Å². The normalized spacial score (nSPS) is 11.0. The lowest BCUT2D eigenvalue weighted by atomic mass is 10.2. The molecule has 124 valence electrons. The summed E-state index contributed by atoms with van der Waals surface area (Å²) < 4.78 is 1.56. The zero-order valence-electron chi connectivity index (χ0n) is 13.6. The number of benzene rings is 1. The first-order valence-corrected chi connectivity index (χ1v) is 8.50. The van der Waals surface area contributed by atoms with Crippen molar-refractivity contribution >= 4 is 28.7 Å². The second-order valence-electron chi connectivity index (χ2n) is 5.55. The van der Waals surface area contributed by atoms with Gasteiger partial charge in [-0.15, -0.1) is 16.4 Å². The highest BCUT2D eigenvalue weighted by Gasteiger charge is 2.15. The van der Waals surface area contributed by atoms with Gasteiger partial charge >= 0.3 is 0 Å². The van der Waals surface area contributed by atoms with Gasteiger partial charge in [-0.05, 0) is 44.2 Å². The summed E-state index contributed by atoms with van der Waals surface area (Å²) in [6.07, 6.45) is 1.77. The largest absolute Gasteiger partial charge is 0.319 e. The van der Waals surface area contributed by atoms with Crippen LogP contribution in [0.1, 0.15) is 22.0 Å². The molecule has 0 atom stereocenters. The maximum absolute atomic E-state index is 12.4. The van der Waals surface area contributed by atoms with Crippen molar-refractivity contribution < 1.29 is 4.79 Å². The van der Waals surface area contributed by atoms with Crippen LogP contribution in [0.2, 0.25) is 0 Å². The zero-order valence-corrected chi connectivity index (χ0v) is 14.4. The summed E-state index contributed by atoms with van der Waals surface area (Å²) >= 11 is 1.57. The Balaban J connectivity index is 1.56. The van der Waals surface area contributed by atoms with E-state index in [0.29, 0.717) is 11.5 Å². The number of hydrogen-bond acceptors (Lipinski definition) is 6. The highest BCUT2D eigenvalue weighted by atomic mass is 32.1. The molecular weight excluding hydrogens is 336 g/mol. The number of carbonyl (C=O) groups excluding carboxylic acids is 1. The van der Waals surface area contributed by atoms with E-state index in [1.807, 2.05) is 49.6 Å². The molecule has 0 spiro atoms. The molecule has 25 heavy (non-hydrogen) atoms. The van der Waals surface area contributed by atoms with E-state index in [0.717, 1.165) is 22.0 Å². The summed E-state index contributed by atoms with van der Waals surface area (Å²) in [5, 5.41) is 9.90. The molecule has 4 aromatic rings. The first-order valence-electron chi connectivity index (χ1n) is 7.62. The number of nitrogens with one attached hydrogen (secondary N) is 1. The Morgan fingerprint density at radius 2 is 1.96 bits per heavy atom. The Labute approximate surface area is 147 Å². The minimum Gasteiger partial charge on any atom is -0.319 e. The predicted octanol–water partition coefficient (Wildman–Crippen LogP) is 3.12. The molecule has 0 fully saturated rings. The Hall–Kier alpha value is -3.13. The third-order valence-corrected chi connectivity index (χ3v) is 4.47. The van der Waals surface area contributed by atoms with E-state index < -0.39 is 0 Å². The van der Waals surface area contributed by atoms with Gasteiger partial charge in [0.2, 0.25) is 5.82 Å². The van der Waals surface area contributed by atoms with Crippen molar-refractivity contribution in [2.24, 2.45) is 0 Å². The van der Waals surface area contributed by atoms with Crippen LogP contribution in [0.25, 0.3) is 16.3 Å². The lowest BCUT2D eigenvalue weighted by Gasteiger charge is -2.03. The lowest BCUT2D eigenvalue weighted by Crippen LogP contribution is -2.14. The van der Waals surface area contributed by atoms with E-state index in [1.54, 1.807) is 22.0 Å². The van der Waals surface area contributed by atoms with E-state index >= 15 is 0 Å². The molecule has 0 aliphatic rings. The van der Waals surface area contributed by atoms with Gasteiger partial charge in [0.05, 0.1) is 0 Å². The summed E-state index contributed by atoms with van der Waals surface area (Å²) in [6, 6.07) is 9.39. The number of nitrogens with zero attached hydrogens (tertiary/aromatic N) is 5. The van der Waals surface area contributed by atoms with E-state index in [1.165, 1.54) is 0 Å². The fourth-order valence-corrected chi connectivity index (χ4v) is 3.16. The van der Waals surface area contributed by atoms with Crippen LogP contribution in [-0.2, 0) is 0 Å². The Morgan fingerprint density at radius 3 is 2.68 bits per heavy atom. The average Bonchev–Trinajstić information content (AvgIpc) is 3.25. The van der Waals surface area contributed by atoms with Gasteiger partial charge in [0.15, 0.2) is 0 Å². The quantitative estimate of drug-likeness (QED) is 0.613. The molecule has 1 aromatic carbocycles. The molecule has 1 N–H and O–H groups in total. The van der Waals surface area contributed by atoms with Crippen molar-refractivity contribution in [2.75, 3.05) is 5.32 Å². The fourth-order valence-electron chi connectivity index (χ4n) is 2.51. The van der Waals surface area contributed by atoms with E-state index in [-0.39, 0.29) is 11.7 Å². The minimum absolute atomic E-state index is 0.0881. The molecule has 0 radical (unpaired) electrons. The molecule has 0 saturated carbocycles. The van der Waals surface area contributed by atoms with Gasteiger partial charge in [-0.2, -0.15) is 4.98 Å². The zero-order chi connectivity index (χ0) is 17.4. The molecule has 8 heteroatoms. The van der Waals surface area contributed by atoms with Crippen LogP contribution in [0.5, 0.6) is 0 Å². The Kier molecular flexibility index (Phi) is 3.73. The van der Waals surface area contributed by atoms with Gasteiger partial charge < -0.3 is 5.32 Å². The third kappa shape index (κ3) is 2.99. The fraction of sp³-hybridized carbons (Fsp3) is 0.118. The number of carbonyl (C=O) groups is 1. The van der Waals surface area contributed by atoms with Crippen LogP contribution in [0.3, 0.4) is 0 Å². The second-order valence-corrected chi connectivity index (χ2v) is 6.45. The molecule has 3 heterocycles. The van der Waals surface area contributed by atoms with Crippen LogP contribution >= 0.6 is 11.3 Å². The molecule has 1 amide bonds. The number of hydrogen-bond donors (Lipinski definition) is 1. The summed E-state index contributed by atoms with van der Waals surface area (Å²) in [5.41, 5.74) is 3.39. The van der Waals surface area contributed by atoms with Crippen LogP contribution in [0.15, 0.2) is 41.9 Å². The SMILES string of the molecule is Cc1cc(C)n2nc(C(=O)Nc3ccc(-c4nccs4)cc3)nc2n1. The van der Waals surface area contributed by atoms with Crippen molar-refractivity contribution in [3.05, 3.63) is 59.1 Å². The minimum atomic E-state index is -0.371. The number of aromatic nitrogens is 5. The highest BCUT2D eigenvalue weighted by molar-refractivity contribution is 7.13. The van der Waals surface area contributed by atoms with Gasteiger partial charge in [-0.3, -0.25) is 4.79 Å². The van der Waals surface area contributed by atoms with E-state index in [4.69, 9.17) is 0 Å². The monoisotopic (exact) mass is 350 g/mol. The molecule has 4 rings (SSSR count). The van der Waals surface area contributed by atoms with E-state index in [2.05, 4.69) is 25.4 Å². The van der Waals surface area contributed by atoms with Crippen molar-refractivity contribution in [3.63, 3.8) is 0 Å². The van der Waals surface area contributed by atoms with Crippen molar-refractivity contribution in [2.45, 2.75) is 13.8 Å². The Morgan fingerprint density at radius 1 is 1.16 bits per heavy atom. The van der Waals surface area contributed by atoms with Crippen molar-refractivity contribution in [3.8, 4) is 10.6 Å². The number of thiazole rings is 1. The highest BCUT2D eigenvalue weighted by Crippen LogP contribution is 2.23. The third-order valence-electron chi connectivity index (χ3n) is 3.64. The standard InChI is InChI=1S/C17H14N6OS/c1-10-9-11(2)23-17(19-10)21-14(22-23)15(24)20-13-5-3-12(4-6-13)16-18-7-8-25-16/h3-9H,1-2H3,(H,20,24). The molecule has 0 aliphatic heterocycles.